The molecule has 0 saturated heterocycles. The first kappa shape index (κ1) is 18.7. The van der Waals surface area contributed by atoms with Gasteiger partial charge >= 0.3 is 6.03 Å². The molecule has 0 radical (unpaired) electrons. The zero-order valence-electron chi connectivity index (χ0n) is 15.4. The molecule has 0 aliphatic carbocycles. The number of aromatic nitrogens is 2. The van der Waals surface area contributed by atoms with Crippen LogP contribution in [0, 0.1) is 0 Å². The lowest BCUT2D eigenvalue weighted by Gasteiger charge is -2.10. The molecule has 0 unspecified atom stereocenters. The van der Waals surface area contributed by atoms with Crippen molar-refractivity contribution in [3.63, 3.8) is 0 Å². The van der Waals surface area contributed by atoms with Crippen molar-refractivity contribution < 1.29 is 9.53 Å². The van der Waals surface area contributed by atoms with Gasteiger partial charge in [-0.25, -0.2) is 4.79 Å². The van der Waals surface area contributed by atoms with Gasteiger partial charge in [0.05, 0.1) is 19.3 Å². The summed E-state index contributed by atoms with van der Waals surface area (Å²) in [6.45, 7) is 2.13. The number of nitrogens with zero attached hydrogens (tertiary/aromatic N) is 2. The minimum Gasteiger partial charge on any atom is -0.380 e. The lowest BCUT2D eigenvalue weighted by molar-refractivity contribution is 0.184. The van der Waals surface area contributed by atoms with Crippen LogP contribution in [0.15, 0.2) is 67.0 Å². The topological polar surface area (TPSA) is 68.2 Å². The molecule has 0 fully saturated rings. The van der Waals surface area contributed by atoms with Gasteiger partial charge in [-0.05, 0) is 16.7 Å². The maximum absolute atomic E-state index is 12.1. The third-order valence-corrected chi connectivity index (χ3v) is 4.18. The average Bonchev–Trinajstić information content (AvgIpc) is 3.14. The van der Waals surface area contributed by atoms with Crippen molar-refractivity contribution in [1.29, 1.82) is 0 Å². The van der Waals surface area contributed by atoms with E-state index < -0.39 is 0 Å². The van der Waals surface area contributed by atoms with Crippen LogP contribution in [0.4, 0.5) is 4.79 Å². The standard InChI is InChI=1S/C21H24N4O2/c1-27-16-20-10-6-5-9-19(20)13-23-21(26)22-11-18-12-24-25(15-18)14-17-7-3-2-4-8-17/h2-10,12,15H,11,13-14,16H2,1H3,(H2,22,23,26). The van der Waals surface area contributed by atoms with Crippen molar-refractivity contribution in [3.05, 3.63) is 89.2 Å². The van der Waals surface area contributed by atoms with Gasteiger partial charge in [-0.3, -0.25) is 4.68 Å². The van der Waals surface area contributed by atoms with Crippen molar-refractivity contribution in [1.82, 2.24) is 20.4 Å². The summed E-state index contributed by atoms with van der Waals surface area (Å²) in [5.41, 5.74) is 4.26. The summed E-state index contributed by atoms with van der Waals surface area (Å²) in [4.78, 5) is 12.1. The quantitative estimate of drug-likeness (QED) is 0.645. The Labute approximate surface area is 159 Å². The molecule has 0 spiro atoms. The molecule has 1 heterocycles. The van der Waals surface area contributed by atoms with Crippen LogP contribution in [0.3, 0.4) is 0 Å². The Kier molecular flexibility index (Phi) is 6.60. The molecule has 0 aliphatic heterocycles. The lowest BCUT2D eigenvalue weighted by atomic mass is 10.1. The predicted octanol–water partition coefficient (Wildman–Crippen LogP) is 3.08. The summed E-state index contributed by atoms with van der Waals surface area (Å²) in [6.07, 6.45) is 3.72. The molecule has 6 heteroatoms. The second-order valence-corrected chi connectivity index (χ2v) is 6.27. The van der Waals surface area contributed by atoms with Crippen LogP contribution < -0.4 is 10.6 Å². The van der Waals surface area contributed by atoms with Crippen LogP contribution in [0.1, 0.15) is 22.3 Å². The minimum absolute atomic E-state index is 0.210. The summed E-state index contributed by atoms with van der Waals surface area (Å²) in [5.74, 6) is 0. The molecule has 0 bridgehead atoms. The molecule has 0 aliphatic rings. The Balaban J connectivity index is 1.46. The van der Waals surface area contributed by atoms with Gasteiger partial charge < -0.3 is 15.4 Å². The number of urea groups is 1. The monoisotopic (exact) mass is 364 g/mol. The van der Waals surface area contributed by atoms with Gasteiger partial charge in [0, 0.05) is 32.0 Å². The molecule has 6 nitrogen and oxygen atoms in total. The van der Waals surface area contributed by atoms with Crippen LogP contribution in [-0.2, 0) is 31.0 Å². The molecule has 0 saturated carbocycles. The van der Waals surface area contributed by atoms with Gasteiger partial charge in [-0.15, -0.1) is 0 Å². The predicted molar refractivity (Wildman–Crippen MR) is 104 cm³/mol. The number of carbonyl (C=O) groups excluding carboxylic acids is 1. The molecule has 3 rings (SSSR count). The number of hydrogen-bond acceptors (Lipinski definition) is 3. The fourth-order valence-corrected chi connectivity index (χ4v) is 2.80. The molecular weight excluding hydrogens is 340 g/mol. The molecule has 2 N–H and O–H groups in total. The number of amides is 2. The Morgan fingerprint density at radius 2 is 1.67 bits per heavy atom. The number of carbonyl (C=O) groups is 1. The van der Waals surface area contributed by atoms with E-state index in [1.807, 2.05) is 53.3 Å². The number of ether oxygens (including phenoxy) is 1. The van der Waals surface area contributed by atoms with Crippen molar-refractivity contribution in [3.8, 4) is 0 Å². The zero-order chi connectivity index (χ0) is 18.9. The van der Waals surface area contributed by atoms with Crippen LogP contribution >= 0.6 is 0 Å². The Hall–Kier alpha value is -3.12. The van der Waals surface area contributed by atoms with E-state index in [-0.39, 0.29) is 6.03 Å². The SMILES string of the molecule is COCc1ccccc1CNC(=O)NCc1cnn(Cc2ccccc2)c1. The summed E-state index contributed by atoms with van der Waals surface area (Å²) >= 11 is 0. The van der Waals surface area contributed by atoms with Gasteiger partial charge in [0.2, 0.25) is 0 Å². The van der Waals surface area contributed by atoms with Gasteiger partial charge in [-0.1, -0.05) is 54.6 Å². The van der Waals surface area contributed by atoms with Crippen LogP contribution in [0.25, 0.3) is 0 Å². The van der Waals surface area contributed by atoms with Gasteiger partial charge in [0.15, 0.2) is 0 Å². The number of benzene rings is 2. The highest BCUT2D eigenvalue weighted by Crippen LogP contribution is 2.09. The van der Waals surface area contributed by atoms with Gasteiger partial charge in [-0.2, -0.15) is 5.10 Å². The third-order valence-electron chi connectivity index (χ3n) is 4.18. The smallest absolute Gasteiger partial charge is 0.315 e. The lowest BCUT2D eigenvalue weighted by Crippen LogP contribution is -2.34. The molecule has 27 heavy (non-hydrogen) atoms. The summed E-state index contributed by atoms with van der Waals surface area (Å²) < 4.78 is 7.05. The number of rotatable bonds is 8. The number of methoxy groups -OCH3 is 1. The van der Waals surface area contributed by atoms with E-state index in [0.717, 1.165) is 16.7 Å². The first-order valence-electron chi connectivity index (χ1n) is 8.87. The van der Waals surface area contributed by atoms with E-state index in [4.69, 9.17) is 4.74 Å². The first-order valence-corrected chi connectivity index (χ1v) is 8.87. The molecule has 0 atom stereocenters. The first-order chi connectivity index (χ1) is 13.2. The minimum atomic E-state index is -0.210. The number of hydrogen-bond donors (Lipinski definition) is 2. The molecule has 2 amide bonds. The number of nitrogens with one attached hydrogen (secondary N) is 2. The second kappa shape index (κ2) is 9.54. The van der Waals surface area contributed by atoms with E-state index in [0.29, 0.717) is 26.2 Å². The highest BCUT2D eigenvalue weighted by Gasteiger charge is 2.06. The maximum Gasteiger partial charge on any atom is 0.315 e. The molecule has 1 aromatic heterocycles. The van der Waals surface area contributed by atoms with Crippen LogP contribution in [0.2, 0.25) is 0 Å². The summed E-state index contributed by atoms with van der Waals surface area (Å²) in [6, 6.07) is 17.8. The van der Waals surface area contributed by atoms with Crippen LogP contribution in [0.5, 0.6) is 0 Å². The molecule has 3 aromatic rings. The fraction of sp³-hybridized carbons (Fsp3) is 0.238. The Bertz CT molecular complexity index is 861. The van der Waals surface area contributed by atoms with Crippen LogP contribution in [-0.4, -0.2) is 22.9 Å². The van der Waals surface area contributed by atoms with Gasteiger partial charge in [0.1, 0.15) is 0 Å². The van der Waals surface area contributed by atoms with Crippen molar-refractivity contribution >= 4 is 6.03 Å². The van der Waals surface area contributed by atoms with Crippen molar-refractivity contribution in [2.24, 2.45) is 0 Å². The highest BCUT2D eigenvalue weighted by atomic mass is 16.5. The van der Waals surface area contributed by atoms with E-state index in [9.17, 15) is 4.79 Å². The van der Waals surface area contributed by atoms with Crippen molar-refractivity contribution in [2.75, 3.05) is 7.11 Å². The van der Waals surface area contributed by atoms with E-state index >= 15 is 0 Å². The third kappa shape index (κ3) is 5.69. The second-order valence-electron chi connectivity index (χ2n) is 6.27. The van der Waals surface area contributed by atoms with E-state index in [1.165, 1.54) is 5.56 Å². The maximum atomic E-state index is 12.1. The van der Waals surface area contributed by atoms with Crippen molar-refractivity contribution in [2.45, 2.75) is 26.2 Å². The summed E-state index contributed by atoms with van der Waals surface area (Å²) in [7, 11) is 1.66. The normalized spacial score (nSPS) is 10.6. The average molecular weight is 364 g/mol. The molecule has 2 aromatic carbocycles. The Morgan fingerprint density at radius 1 is 0.963 bits per heavy atom. The summed E-state index contributed by atoms with van der Waals surface area (Å²) in [5, 5.41) is 10.1. The zero-order valence-corrected chi connectivity index (χ0v) is 15.4. The van der Waals surface area contributed by atoms with E-state index in [2.05, 4.69) is 27.9 Å². The van der Waals surface area contributed by atoms with E-state index in [1.54, 1.807) is 13.3 Å². The molecule has 140 valence electrons. The Morgan fingerprint density at radius 3 is 2.44 bits per heavy atom. The largest absolute Gasteiger partial charge is 0.380 e. The molecular formula is C21H24N4O2. The highest BCUT2D eigenvalue weighted by molar-refractivity contribution is 5.73. The van der Waals surface area contributed by atoms with Gasteiger partial charge in [0.25, 0.3) is 0 Å². The fourth-order valence-electron chi connectivity index (χ4n) is 2.80.